The highest BCUT2D eigenvalue weighted by atomic mass is 16.6. The smallest absolute Gasteiger partial charge is 0.306 e. The van der Waals surface area contributed by atoms with E-state index in [1.54, 1.807) is 0 Å². The molecule has 0 bridgehead atoms. The van der Waals surface area contributed by atoms with Gasteiger partial charge in [0, 0.05) is 56.0 Å². The molecular formula is C24H28N2O2. The first-order chi connectivity index (χ1) is 13.7. The highest BCUT2D eigenvalue weighted by Gasteiger charge is 2.39. The highest BCUT2D eigenvalue weighted by molar-refractivity contribution is 5.83. The van der Waals surface area contributed by atoms with E-state index in [-0.39, 0.29) is 5.97 Å². The number of benzene rings is 2. The van der Waals surface area contributed by atoms with Crippen LogP contribution in [0.5, 0.6) is 0 Å². The van der Waals surface area contributed by atoms with E-state index in [4.69, 9.17) is 4.74 Å². The van der Waals surface area contributed by atoms with Gasteiger partial charge in [0.15, 0.2) is 0 Å². The van der Waals surface area contributed by atoms with Gasteiger partial charge in [-0.25, -0.2) is 0 Å². The molecule has 4 heteroatoms. The molecule has 28 heavy (non-hydrogen) atoms. The van der Waals surface area contributed by atoms with Crippen LogP contribution in [0.1, 0.15) is 37.3 Å². The van der Waals surface area contributed by atoms with Crippen LogP contribution in [-0.2, 0) is 21.6 Å². The number of H-pyrrole nitrogens is 1. The molecule has 2 heterocycles. The van der Waals surface area contributed by atoms with E-state index in [2.05, 4.69) is 52.5 Å². The molecule has 0 amide bonds. The average Bonchev–Trinajstić information content (AvgIpc) is 3.17. The van der Waals surface area contributed by atoms with Crippen molar-refractivity contribution in [2.24, 2.45) is 0 Å². The van der Waals surface area contributed by atoms with E-state index in [9.17, 15) is 4.79 Å². The van der Waals surface area contributed by atoms with Crippen LogP contribution < -0.4 is 0 Å². The summed E-state index contributed by atoms with van der Waals surface area (Å²) < 4.78 is 6.00. The molecule has 1 fully saturated rings. The molecule has 4 rings (SSSR count). The molecule has 146 valence electrons. The first kappa shape index (κ1) is 18.8. The van der Waals surface area contributed by atoms with E-state index in [0.717, 1.165) is 44.5 Å². The van der Waals surface area contributed by atoms with Crippen molar-refractivity contribution in [1.82, 2.24) is 9.88 Å². The summed E-state index contributed by atoms with van der Waals surface area (Å²) in [5.74, 6) is -0.115. The Kier molecular flexibility index (Phi) is 5.49. The summed E-state index contributed by atoms with van der Waals surface area (Å²) in [6.45, 7) is 4.76. The van der Waals surface area contributed by atoms with Gasteiger partial charge in [-0.05, 0) is 23.6 Å². The molecule has 0 unspecified atom stereocenters. The topological polar surface area (TPSA) is 45.3 Å². The lowest BCUT2D eigenvalue weighted by Crippen LogP contribution is -2.45. The number of rotatable bonds is 6. The summed E-state index contributed by atoms with van der Waals surface area (Å²) in [5, 5.41) is 1.31. The number of piperidine rings is 1. The van der Waals surface area contributed by atoms with Crippen LogP contribution in [0.25, 0.3) is 10.9 Å². The van der Waals surface area contributed by atoms with Gasteiger partial charge >= 0.3 is 5.97 Å². The summed E-state index contributed by atoms with van der Waals surface area (Å²) in [5.41, 5.74) is 3.21. The second-order valence-corrected chi connectivity index (χ2v) is 7.64. The Labute approximate surface area is 166 Å². The minimum absolute atomic E-state index is 0.115. The third-order valence-electron chi connectivity index (χ3n) is 5.93. The number of nitrogens with zero attached hydrogens (tertiary/aromatic N) is 1. The number of para-hydroxylation sites is 1. The summed E-state index contributed by atoms with van der Waals surface area (Å²) in [4.78, 5) is 18.0. The lowest BCUT2D eigenvalue weighted by atomic mass is 9.84. The normalized spacial score (nSPS) is 16.9. The van der Waals surface area contributed by atoms with E-state index >= 15 is 0 Å². The van der Waals surface area contributed by atoms with Gasteiger partial charge in [-0.1, -0.05) is 55.5 Å². The number of hydrogen-bond acceptors (Lipinski definition) is 3. The number of fused-ring (bicyclic) bond motifs is 1. The number of ether oxygens (including phenoxy) is 1. The van der Waals surface area contributed by atoms with Gasteiger partial charge in [0.25, 0.3) is 0 Å². The van der Waals surface area contributed by atoms with Gasteiger partial charge in [-0.2, -0.15) is 0 Å². The van der Waals surface area contributed by atoms with Crippen LogP contribution in [-0.4, -0.2) is 35.5 Å². The van der Waals surface area contributed by atoms with Gasteiger partial charge in [-0.3, -0.25) is 4.79 Å². The maximum Gasteiger partial charge on any atom is 0.306 e. The van der Waals surface area contributed by atoms with Crippen LogP contribution in [0.15, 0.2) is 60.8 Å². The maximum absolute atomic E-state index is 12.1. The molecule has 1 N–H and O–H groups in total. The van der Waals surface area contributed by atoms with Crippen LogP contribution in [0.2, 0.25) is 0 Å². The van der Waals surface area contributed by atoms with Crippen molar-refractivity contribution in [3.63, 3.8) is 0 Å². The van der Waals surface area contributed by atoms with Crippen molar-refractivity contribution >= 4 is 16.9 Å². The first-order valence-electron chi connectivity index (χ1n) is 10.2. The fourth-order valence-electron chi connectivity index (χ4n) is 4.24. The van der Waals surface area contributed by atoms with Gasteiger partial charge in [0.05, 0.1) is 0 Å². The zero-order valence-corrected chi connectivity index (χ0v) is 16.5. The number of aromatic amines is 1. The van der Waals surface area contributed by atoms with E-state index in [1.165, 1.54) is 16.5 Å². The Morgan fingerprint density at radius 1 is 1.07 bits per heavy atom. The molecule has 4 nitrogen and oxygen atoms in total. The molecule has 3 aromatic rings. The second kappa shape index (κ2) is 8.19. The lowest BCUT2D eigenvalue weighted by Gasteiger charge is -2.41. The lowest BCUT2D eigenvalue weighted by molar-refractivity contribution is -0.166. The van der Waals surface area contributed by atoms with Crippen LogP contribution >= 0.6 is 0 Å². The van der Waals surface area contributed by atoms with Crippen molar-refractivity contribution in [2.75, 3.05) is 19.6 Å². The molecule has 2 aromatic carbocycles. The first-order valence-corrected chi connectivity index (χ1v) is 10.2. The van der Waals surface area contributed by atoms with Gasteiger partial charge in [-0.15, -0.1) is 0 Å². The number of hydrogen-bond donors (Lipinski definition) is 1. The molecule has 0 spiro atoms. The number of carbonyl (C=O) groups excluding carboxylic acids is 1. The Balaban J connectivity index is 1.42. The second-order valence-electron chi connectivity index (χ2n) is 7.64. The largest absolute Gasteiger partial charge is 0.454 e. The average molecular weight is 377 g/mol. The molecule has 1 saturated heterocycles. The molecule has 1 aliphatic heterocycles. The van der Waals surface area contributed by atoms with Gasteiger partial charge in [0.1, 0.15) is 5.60 Å². The fraction of sp³-hybridized carbons (Fsp3) is 0.375. The molecule has 0 atom stereocenters. The molecule has 0 saturated carbocycles. The van der Waals surface area contributed by atoms with Crippen molar-refractivity contribution in [3.8, 4) is 0 Å². The number of likely N-dealkylation sites (tertiary alicyclic amines) is 1. The molecule has 0 radical (unpaired) electrons. The monoisotopic (exact) mass is 376 g/mol. The molecule has 1 aliphatic rings. The summed E-state index contributed by atoms with van der Waals surface area (Å²) in [6, 6.07) is 18.7. The third-order valence-corrected chi connectivity index (χ3v) is 5.93. The highest BCUT2D eigenvalue weighted by Crippen LogP contribution is 2.37. The number of nitrogens with one attached hydrogen (secondary N) is 1. The molecular weight excluding hydrogens is 348 g/mol. The maximum atomic E-state index is 12.1. The molecule has 1 aromatic heterocycles. The number of esters is 1. The molecule has 0 aliphatic carbocycles. The Hall–Kier alpha value is -2.59. The summed E-state index contributed by atoms with van der Waals surface area (Å²) in [7, 11) is 0. The zero-order valence-electron chi connectivity index (χ0n) is 16.5. The predicted molar refractivity (Wildman–Crippen MR) is 112 cm³/mol. The van der Waals surface area contributed by atoms with Crippen molar-refractivity contribution in [1.29, 1.82) is 0 Å². The minimum Gasteiger partial charge on any atom is -0.454 e. The van der Waals surface area contributed by atoms with Crippen molar-refractivity contribution in [2.45, 2.75) is 38.2 Å². The summed E-state index contributed by atoms with van der Waals surface area (Å²) in [6.07, 6.45) is 5.26. The quantitative estimate of drug-likeness (QED) is 0.637. The Bertz CT molecular complexity index is 924. The number of aromatic nitrogens is 1. The minimum atomic E-state index is -0.481. The SMILES string of the molecule is CCC(=O)OC1(c2ccccc2)CCN(CCc2c[nH]c3ccccc23)CC1. The van der Waals surface area contributed by atoms with Crippen LogP contribution in [0.4, 0.5) is 0 Å². The van der Waals surface area contributed by atoms with Gasteiger partial charge < -0.3 is 14.6 Å². The fourth-order valence-corrected chi connectivity index (χ4v) is 4.24. The summed E-state index contributed by atoms with van der Waals surface area (Å²) >= 11 is 0. The third kappa shape index (κ3) is 3.83. The standard InChI is InChI=1S/C24H28N2O2/c1-2-23(27)28-24(20-8-4-3-5-9-20)13-16-26(17-14-24)15-12-19-18-25-22-11-7-6-10-21(19)22/h3-11,18,25H,2,12-17H2,1H3. The van der Waals surface area contributed by atoms with Crippen LogP contribution in [0.3, 0.4) is 0 Å². The van der Waals surface area contributed by atoms with Crippen molar-refractivity contribution < 1.29 is 9.53 Å². The van der Waals surface area contributed by atoms with Crippen LogP contribution in [0, 0.1) is 0 Å². The van der Waals surface area contributed by atoms with E-state index < -0.39 is 5.60 Å². The Morgan fingerprint density at radius 3 is 2.54 bits per heavy atom. The Morgan fingerprint density at radius 2 is 1.79 bits per heavy atom. The van der Waals surface area contributed by atoms with Gasteiger partial charge in [0.2, 0.25) is 0 Å². The van der Waals surface area contributed by atoms with E-state index in [1.807, 2.05) is 25.1 Å². The zero-order chi connectivity index (χ0) is 19.4. The van der Waals surface area contributed by atoms with E-state index in [0.29, 0.717) is 6.42 Å². The predicted octanol–water partition coefficient (Wildman–Crippen LogP) is 4.65. The number of carbonyl (C=O) groups is 1. The van der Waals surface area contributed by atoms with Crippen molar-refractivity contribution in [3.05, 3.63) is 71.9 Å².